The summed E-state index contributed by atoms with van der Waals surface area (Å²) in [5, 5.41) is 0. The van der Waals surface area contributed by atoms with Gasteiger partial charge in [-0.05, 0) is 12.3 Å². The quantitative estimate of drug-likeness (QED) is 0.666. The topological polar surface area (TPSA) is 21.6 Å². The van der Waals surface area contributed by atoms with Crippen LogP contribution in [-0.2, 0) is 4.74 Å². The van der Waals surface area contributed by atoms with Crippen molar-refractivity contribution in [1.29, 1.82) is 0 Å². The van der Waals surface area contributed by atoms with Crippen molar-refractivity contribution in [2.24, 2.45) is 16.3 Å². The van der Waals surface area contributed by atoms with Gasteiger partial charge in [-0.2, -0.15) is 0 Å². The van der Waals surface area contributed by atoms with Crippen molar-refractivity contribution in [2.75, 3.05) is 0 Å². The Bertz CT molecular complexity index is 227. The van der Waals surface area contributed by atoms with Gasteiger partial charge in [0, 0.05) is 5.41 Å². The zero-order chi connectivity index (χ0) is 11.0. The predicted molar refractivity (Wildman–Crippen MR) is 60.7 cm³/mol. The van der Waals surface area contributed by atoms with E-state index in [9.17, 15) is 0 Å². The molecule has 0 saturated carbocycles. The van der Waals surface area contributed by atoms with E-state index in [0.29, 0.717) is 5.92 Å². The molecule has 0 spiro atoms. The van der Waals surface area contributed by atoms with Crippen molar-refractivity contribution in [2.45, 2.75) is 59.6 Å². The molecule has 0 bridgehead atoms. The first-order chi connectivity index (χ1) is 6.34. The van der Waals surface area contributed by atoms with Gasteiger partial charge >= 0.3 is 0 Å². The summed E-state index contributed by atoms with van der Waals surface area (Å²) in [7, 11) is 0. The molecule has 82 valence electrons. The van der Waals surface area contributed by atoms with Crippen LogP contribution in [0.15, 0.2) is 4.99 Å². The number of hydrogen-bond acceptors (Lipinski definition) is 2. The molecular formula is C12H23NO. The van der Waals surface area contributed by atoms with Crippen LogP contribution in [0.4, 0.5) is 0 Å². The van der Waals surface area contributed by atoms with E-state index in [1.165, 1.54) is 0 Å². The molecule has 0 aromatic rings. The van der Waals surface area contributed by atoms with Gasteiger partial charge in [0.25, 0.3) is 0 Å². The summed E-state index contributed by atoms with van der Waals surface area (Å²) in [6.45, 7) is 13.3. The number of nitrogens with zero attached hydrogens (tertiary/aromatic N) is 1. The van der Waals surface area contributed by atoms with Crippen molar-refractivity contribution in [3.05, 3.63) is 0 Å². The molecule has 0 saturated heterocycles. The van der Waals surface area contributed by atoms with Gasteiger partial charge in [-0.3, -0.25) is 0 Å². The van der Waals surface area contributed by atoms with E-state index in [4.69, 9.17) is 4.74 Å². The fraction of sp³-hybridized carbons (Fsp3) is 0.917. The third kappa shape index (κ3) is 1.67. The molecule has 0 aromatic carbocycles. The summed E-state index contributed by atoms with van der Waals surface area (Å²) >= 11 is 0. The maximum atomic E-state index is 5.69. The Morgan fingerprint density at radius 2 is 2.00 bits per heavy atom. The van der Waals surface area contributed by atoms with Crippen molar-refractivity contribution >= 4 is 6.40 Å². The molecule has 1 rings (SSSR count). The molecule has 0 fully saturated rings. The van der Waals surface area contributed by atoms with Gasteiger partial charge < -0.3 is 4.74 Å². The molecule has 2 heteroatoms. The molecule has 2 atom stereocenters. The van der Waals surface area contributed by atoms with Gasteiger partial charge in [-0.15, -0.1) is 0 Å². The SMILES string of the molecule is CCC1(C(C)C)N=COC1C(C)(C)C. The predicted octanol–water partition coefficient (Wildman–Crippen LogP) is 3.26. The average Bonchev–Trinajstić information content (AvgIpc) is 2.47. The van der Waals surface area contributed by atoms with Gasteiger partial charge in [0.15, 0.2) is 6.40 Å². The fourth-order valence-corrected chi connectivity index (χ4v) is 2.47. The summed E-state index contributed by atoms with van der Waals surface area (Å²) in [4.78, 5) is 4.59. The van der Waals surface area contributed by atoms with Gasteiger partial charge in [0.05, 0.1) is 0 Å². The standard InChI is InChI=1S/C12H23NO/c1-7-12(9(2)3)10(11(4,5)6)14-8-13-12/h8-10H,7H2,1-6H3. The van der Waals surface area contributed by atoms with Crippen molar-refractivity contribution < 1.29 is 4.74 Å². The Balaban J connectivity index is 3.00. The van der Waals surface area contributed by atoms with Gasteiger partial charge in [0.2, 0.25) is 0 Å². The molecule has 0 aliphatic carbocycles. The van der Waals surface area contributed by atoms with Crippen LogP contribution in [-0.4, -0.2) is 18.0 Å². The molecule has 0 radical (unpaired) electrons. The van der Waals surface area contributed by atoms with Crippen LogP contribution in [0.2, 0.25) is 0 Å². The molecule has 1 aliphatic rings. The number of rotatable bonds is 2. The van der Waals surface area contributed by atoms with E-state index in [-0.39, 0.29) is 17.1 Å². The van der Waals surface area contributed by atoms with Crippen molar-refractivity contribution in [3.8, 4) is 0 Å². The zero-order valence-electron chi connectivity index (χ0n) is 10.3. The van der Waals surface area contributed by atoms with Crippen LogP contribution >= 0.6 is 0 Å². The normalized spacial score (nSPS) is 32.4. The van der Waals surface area contributed by atoms with Crippen LogP contribution in [0, 0.1) is 11.3 Å². The van der Waals surface area contributed by atoms with Crippen molar-refractivity contribution in [1.82, 2.24) is 0 Å². The highest BCUT2D eigenvalue weighted by atomic mass is 16.5. The van der Waals surface area contributed by atoms with E-state index in [0.717, 1.165) is 6.42 Å². The molecule has 2 unspecified atom stereocenters. The number of ether oxygens (including phenoxy) is 1. The third-order valence-corrected chi connectivity index (χ3v) is 3.30. The van der Waals surface area contributed by atoms with E-state index in [2.05, 4.69) is 46.5 Å². The summed E-state index contributed by atoms with van der Waals surface area (Å²) in [6, 6.07) is 0. The summed E-state index contributed by atoms with van der Waals surface area (Å²) in [5.41, 5.74) is 0.134. The molecule has 14 heavy (non-hydrogen) atoms. The lowest BCUT2D eigenvalue weighted by molar-refractivity contribution is 0.0159. The smallest absolute Gasteiger partial charge is 0.170 e. The van der Waals surface area contributed by atoms with Gasteiger partial charge in [-0.1, -0.05) is 41.5 Å². The molecule has 0 amide bonds. The summed E-state index contributed by atoms with van der Waals surface area (Å²) in [6.07, 6.45) is 2.91. The van der Waals surface area contributed by atoms with Crippen LogP contribution in [0.1, 0.15) is 48.0 Å². The molecule has 0 aromatic heterocycles. The minimum atomic E-state index is -0.0156. The Labute approximate surface area is 87.8 Å². The van der Waals surface area contributed by atoms with Crippen LogP contribution in [0.5, 0.6) is 0 Å². The summed E-state index contributed by atoms with van der Waals surface area (Å²) < 4.78 is 5.69. The molecular weight excluding hydrogens is 174 g/mol. The summed E-state index contributed by atoms with van der Waals surface area (Å²) in [5.74, 6) is 0.524. The van der Waals surface area contributed by atoms with Gasteiger partial charge in [0.1, 0.15) is 11.6 Å². The van der Waals surface area contributed by atoms with E-state index < -0.39 is 0 Å². The van der Waals surface area contributed by atoms with Crippen LogP contribution < -0.4 is 0 Å². The van der Waals surface area contributed by atoms with Crippen molar-refractivity contribution in [3.63, 3.8) is 0 Å². The van der Waals surface area contributed by atoms with E-state index >= 15 is 0 Å². The Morgan fingerprint density at radius 3 is 2.29 bits per heavy atom. The molecule has 2 nitrogen and oxygen atoms in total. The first-order valence-corrected chi connectivity index (χ1v) is 5.53. The highest BCUT2D eigenvalue weighted by Crippen LogP contribution is 2.42. The lowest BCUT2D eigenvalue weighted by atomic mass is 9.70. The third-order valence-electron chi connectivity index (χ3n) is 3.30. The van der Waals surface area contributed by atoms with E-state index in [1.807, 2.05) is 0 Å². The lowest BCUT2D eigenvalue weighted by Gasteiger charge is -2.41. The first-order valence-electron chi connectivity index (χ1n) is 5.53. The fourth-order valence-electron chi connectivity index (χ4n) is 2.47. The lowest BCUT2D eigenvalue weighted by Crippen LogP contribution is -2.49. The number of hydrogen-bond donors (Lipinski definition) is 0. The van der Waals surface area contributed by atoms with Gasteiger partial charge in [-0.25, -0.2) is 4.99 Å². The van der Waals surface area contributed by atoms with E-state index in [1.54, 1.807) is 6.40 Å². The highest BCUT2D eigenvalue weighted by molar-refractivity contribution is 5.52. The molecule has 1 aliphatic heterocycles. The van der Waals surface area contributed by atoms with Crippen LogP contribution in [0.25, 0.3) is 0 Å². The minimum absolute atomic E-state index is 0.0156. The number of aliphatic imine (C=N–C) groups is 1. The first kappa shape index (κ1) is 11.5. The highest BCUT2D eigenvalue weighted by Gasteiger charge is 2.49. The second kappa shape index (κ2) is 3.56. The average molecular weight is 197 g/mol. The zero-order valence-corrected chi connectivity index (χ0v) is 10.3. The Hall–Kier alpha value is -0.530. The molecule has 0 N–H and O–H groups in total. The largest absolute Gasteiger partial charge is 0.477 e. The minimum Gasteiger partial charge on any atom is -0.477 e. The Kier molecular flexibility index (Phi) is 2.93. The maximum Gasteiger partial charge on any atom is 0.170 e. The molecule has 1 heterocycles. The second-order valence-electron chi connectivity index (χ2n) is 5.62. The maximum absolute atomic E-state index is 5.69. The van der Waals surface area contributed by atoms with Crippen LogP contribution in [0.3, 0.4) is 0 Å². The monoisotopic (exact) mass is 197 g/mol. The Morgan fingerprint density at radius 1 is 1.43 bits per heavy atom. The second-order valence-corrected chi connectivity index (χ2v) is 5.62.